The van der Waals surface area contributed by atoms with Gasteiger partial charge in [-0.1, -0.05) is 0 Å². The molecule has 8 nitrogen and oxygen atoms in total. The summed E-state index contributed by atoms with van der Waals surface area (Å²) in [6.45, 7) is 4.36. The Bertz CT molecular complexity index is 1070. The van der Waals surface area contributed by atoms with E-state index in [1.807, 2.05) is 37.1 Å². The van der Waals surface area contributed by atoms with Crippen LogP contribution in [0.15, 0.2) is 24.4 Å². The number of aromatic amines is 1. The minimum atomic E-state index is 0.0257. The molecule has 8 heteroatoms. The summed E-state index contributed by atoms with van der Waals surface area (Å²) in [5.41, 5.74) is 2.36. The van der Waals surface area contributed by atoms with E-state index >= 15 is 0 Å². The largest absolute Gasteiger partial charge is 0.356 e. The van der Waals surface area contributed by atoms with Gasteiger partial charge in [0.15, 0.2) is 11.5 Å². The van der Waals surface area contributed by atoms with Gasteiger partial charge in [0.2, 0.25) is 5.91 Å². The molecule has 0 aromatic carbocycles. The third-order valence-corrected chi connectivity index (χ3v) is 6.14. The van der Waals surface area contributed by atoms with Crippen molar-refractivity contribution in [3.63, 3.8) is 0 Å². The van der Waals surface area contributed by atoms with Crippen molar-refractivity contribution in [3.8, 4) is 11.5 Å². The predicted molar refractivity (Wildman–Crippen MR) is 115 cm³/mol. The summed E-state index contributed by atoms with van der Waals surface area (Å²) in [5.74, 6) is 3.25. The van der Waals surface area contributed by atoms with Crippen LogP contribution in [0.5, 0.6) is 0 Å². The summed E-state index contributed by atoms with van der Waals surface area (Å²) in [6, 6.07) is 5.91. The first-order valence-electron chi connectivity index (χ1n) is 10.8. The molecule has 1 saturated heterocycles. The molecular weight excluding hydrogens is 378 g/mol. The number of piperidine rings is 1. The second kappa shape index (κ2) is 7.66. The Morgan fingerprint density at radius 2 is 2.07 bits per heavy atom. The minimum Gasteiger partial charge on any atom is -0.356 e. The second-order valence-corrected chi connectivity index (χ2v) is 8.34. The zero-order valence-corrected chi connectivity index (χ0v) is 17.5. The number of H-pyrrole nitrogens is 1. The number of aromatic nitrogens is 5. The molecular formula is C22H27N7O. The molecule has 1 unspecified atom stereocenters. The second-order valence-electron chi connectivity index (χ2n) is 8.34. The predicted octanol–water partition coefficient (Wildman–Crippen LogP) is 2.99. The summed E-state index contributed by atoms with van der Waals surface area (Å²) in [5, 5.41) is 0. The fraction of sp³-hybridized carbons (Fsp3) is 0.500. The highest BCUT2D eigenvalue weighted by molar-refractivity contribution is 5.80. The highest BCUT2D eigenvalue weighted by atomic mass is 16.2. The van der Waals surface area contributed by atoms with Gasteiger partial charge in [-0.25, -0.2) is 19.9 Å². The van der Waals surface area contributed by atoms with Crippen molar-refractivity contribution in [2.45, 2.75) is 38.5 Å². The van der Waals surface area contributed by atoms with E-state index in [0.29, 0.717) is 18.1 Å². The fourth-order valence-electron chi connectivity index (χ4n) is 4.08. The molecule has 1 saturated carbocycles. The van der Waals surface area contributed by atoms with Gasteiger partial charge < -0.3 is 14.8 Å². The zero-order chi connectivity index (χ0) is 20.7. The monoisotopic (exact) mass is 405 g/mol. The number of nitrogens with one attached hydrogen (secondary N) is 1. The first-order chi connectivity index (χ1) is 14.6. The zero-order valence-electron chi connectivity index (χ0n) is 17.5. The van der Waals surface area contributed by atoms with Crippen molar-refractivity contribution in [1.82, 2.24) is 29.8 Å². The number of hydrogen-bond acceptors (Lipinski definition) is 6. The number of hydrogen-bond donors (Lipinski definition) is 1. The quantitative estimate of drug-likeness (QED) is 0.702. The van der Waals surface area contributed by atoms with Crippen molar-refractivity contribution in [2.24, 2.45) is 5.92 Å². The Balaban J connectivity index is 1.39. The Morgan fingerprint density at radius 1 is 1.20 bits per heavy atom. The molecule has 3 aromatic rings. The standard InChI is InChI=1S/C22H27N7O/c1-3-28(2)22(30)15-5-4-12-29(13-15)18-9-8-16-21(26-18)27-20(25-16)17-10-11-23-19(24-17)14-6-7-14/h8-11,14-15H,3-7,12-13H2,1-2H3,(H,25,26,27). The number of nitrogens with zero attached hydrogens (tertiary/aromatic N) is 6. The summed E-state index contributed by atoms with van der Waals surface area (Å²) in [4.78, 5) is 38.5. The van der Waals surface area contributed by atoms with Gasteiger partial charge in [0.25, 0.3) is 0 Å². The van der Waals surface area contributed by atoms with Gasteiger partial charge in [-0.3, -0.25) is 4.79 Å². The number of anilines is 1. The third kappa shape index (κ3) is 3.62. The maximum Gasteiger partial charge on any atom is 0.227 e. The van der Waals surface area contributed by atoms with Crippen LogP contribution in [0.2, 0.25) is 0 Å². The molecule has 0 spiro atoms. The highest BCUT2D eigenvalue weighted by Gasteiger charge is 2.29. The molecule has 0 bridgehead atoms. The van der Waals surface area contributed by atoms with E-state index in [2.05, 4.69) is 19.9 Å². The molecule has 1 aliphatic carbocycles. The first kappa shape index (κ1) is 19.0. The van der Waals surface area contributed by atoms with Gasteiger partial charge in [0, 0.05) is 38.8 Å². The third-order valence-electron chi connectivity index (χ3n) is 6.14. The average Bonchev–Trinajstić information content (AvgIpc) is 3.56. The van der Waals surface area contributed by atoms with Crippen LogP contribution in [0.3, 0.4) is 0 Å². The number of imidazole rings is 1. The summed E-state index contributed by atoms with van der Waals surface area (Å²) < 4.78 is 0. The lowest BCUT2D eigenvalue weighted by atomic mass is 9.96. The van der Waals surface area contributed by atoms with Crippen LogP contribution in [0.4, 0.5) is 5.82 Å². The van der Waals surface area contributed by atoms with Crippen molar-refractivity contribution in [3.05, 3.63) is 30.2 Å². The number of rotatable bonds is 5. The topological polar surface area (TPSA) is 90.9 Å². The molecule has 3 aromatic heterocycles. The van der Waals surface area contributed by atoms with Crippen molar-refractivity contribution in [1.29, 1.82) is 0 Å². The van der Waals surface area contributed by atoms with E-state index in [1.165, 1.54) is 12.8 Å². The first-order valence-corrected chi connectivity index (χ1v) is 10.8. The number of carbonyl (C=O) groups excluding carboxylic acids is 1. The lowest BCUT2D eigenvalue weighted by molar-refractivity contribution is -0.134. The number of pyridine rings is 1. The van der Waals surface area contributed by atoms with Crippen LogP contribution >= 0.6 is 0 Å². The van der Waals surface area contributed by atoms with Gasteiger partial charge in [0.05, 0.1) is 11.4 Å². The van der Waals surface area contributed by atoms with Crippen LogP contribution in [-0.2, 0) is 4.79 Å². The van der Waals surface area contributed by atoms with Gasteiger partial charge in [-0.05, 0) is 50.8 Å². The molecule has 0 radical (unpaired) electrons. The maximum absolute atomic E-state index is 12.6. The van der Waals surface area contributed by atoms with E-state index in [9.17, 15) is 4.79 Å². The van der Waals surface area contributed by atoms with Gasteiger partial charge in [-0.15, -0.1) is 0 Å². The fourth-order valence-corrected chi connectivity index (χ4v) is 4.08. The Hall–Kier alpha value is -3.03. The van der Waals surface area contributed by atoms with Crippen LogP contribution < -0.4 is 4.90 Å². The van der Waals surface area contributed by atoms with E-state index in [-0.39, 0.29) is 11.8 Å². The van der Waals surface area contributed by atoms with Gasteiger partial charge >= 0.3 is 0 Å². The summed E-state index contributed by atoms with van der Waals surface area (Å²) >= 11 is 0. The molecule has 1 aliphatic heterocycles. The Kier molecular flexibility index (Phi) is 4.84. The van der Waals surface area contributed by atoms with Crippen LogP contribution in [0.25, 0.3) is 22.7 Å². The Morgan fingerprint density at radius 3 is 2.87 bits per heavy atom. The van der Waals surface area contributed by atoms with Crippen LogP contribution in [0.1, 0.15) is 44.3 Å². The summed E-state index contributed by atoms with van der Waals surface area (Å²) in [7, 11) is 1.87. The molecule has 5 rings (SSSR count). The summed E-state index contributed by atoms with van der Waals surface area (Å²) in [6.07, 6.45) is 6.07. The number of amides is 1. The molecule has 1 amide bonds. The molecule has 1 atom stereocenters. The molecule has 2 fully saturated rings. The van der Waals surface area contributed by atoms with E-state index in [4.69, 9.17) is 9.97 Å². The van der Waals surface area contributed by atoms with Crippen molar-refractivity contribution >= 4 is 22.9 Å². The van der Waals surface area contributed by atoms with Crippen molar-refractivity contribution < 1.29 is 4.79 Å². The van der Waals surface area contributed by atoms with Crippen molar-refractivity contribution in [2.75, 3.05) is 31.6 Å². The van der Waals surface area contributed by atoms with Crippen LogP contribution in [-0.4, -0.2) is 62.4 Å². The smallest absolute Gasteiger partial charge is 0.227 e. The lowest BCUT2D eigenvalue weighted by Crippen LogP contribution is -2.44. The lowest BCUT2D eigenvalue weighted by Gasteiger charge is -2.34. The van der Waals surface area contributed by atoms with Gasteiger partial charge in [-0.2, -0.15) is 0 Å². The van der Waals surface area contributed by atoms with Gasteiger partial charge in [0.1, 0.15) is 17.3 Å². The highest BCUT2D eigenvalue weighted by Crippen LogP contribution is 2.38. The average molecular weight is 406 g/mol. The number of fused-ring (bicyclic) bond motifs is 1. The normalized spacial score (nSPS) is 19.3. The SMILES string of the molecule is CCN(C)C(=O)C1CCCN(c2ccc3[nH]c(-c4ccnc(C5CC5)n4)nc3n2)C1. The van der Waals surface area contributed by atoms with E-state index in [0.717, 1.165) is 54.6 Å². The van der Waals surface area contributed by atoms with E-state index < -0.39 is 0 Å². The number of carbonyl (C=O) groups is 1. The molecule has 4 heterocycles. The Labute approximate surface area is 175 Å². The van der Waals surface area contributed by atoms with E-state index in [1.54, 1.807) is 6.20 Å². The molecule has 2 aliphatic rings. The van der Waals surface area contributed by atoms with Crippen LogP contribution in [0, 0.1) is 5.92 Å². The maximum atomic E-state index is 12.6. The molecule has 156 valence electrons. The molecule has 30 heavy (non-hydrogen) atoms. The molecule has 1 N–H and O–H groups in total. The minimum absolute atomic E-state index is 0.0257.